The van der Waals surface area contributed by atoms with E-state index in [-0.39, 0.29) is 6.61 Å². The highest BCUT2D eigenvalue weighted by molar-refractivity contribution is 6.31. The Balaban J connectivity index is 2.28. The lowest BCUT2D eigenvalue weighted by Gasteiger charge is -2.13. The van der Waals surface area contributed by atoms with E-state index in [0.717, 1.165) is 5.56 Å². The summed E-state index contributed by atoms with van der Waals surface area (Å²) in [5.41, 5.74) is 1.38. The topological polar surface area (TPSA) is 58.9 Å². The van der Waals surface area contributed by atoms with Crippen molar-refractivity contribution in [1.82, 2.24) is 0 Å². The van der Waals surface area contributed by atoms with Gasteiger partial charge in [0.2, 0.25) is 0 Å². The van der Waals surface area contributed by atoms with E-state index in [0.29, 0.717) is 27.8 Å². The van der Waals surface area contributed by atoms with Crippen molar-refractivity contribution in [3.63, 3.8) is 0 Å². The Bertz CT molecular complexity index is 626. The molecular formula is C16H17ClO4. The molecule has 2 N–H and O–H groups in total. The first-order valence-electron chi connectivity index (χ1n) is 6.48. The molecule has 1 unspecified atom stereocenters. The van der Waals surface area contributed by atoms with Crippen LogP contribution in [0.2, 0.25) is 5.02 Å². The first-order chi connectivity index (χ1) is 10.0. The van der Waals surface area contributed by atoms with E-state index in [1.165, 1.54) is 7.11 Å². The zero-order valence-electron chi connectivity index (χ0n) is 11.8. The van der Waals surface area contributed by atoms with Crippen molar-refractivity contribution in [3.05, 3.63) is 52.5 Å². The predicted molar refractivity (Wildman–Crippen MR) is 81.1 cm³/mol. The number of aliphatic hydroxyl groups excluding tert-OH is 2. The van der Waals surface area contributed by atoms with E-state index in [2.05, 4.69) is 0 Å². The van der Waals surface area contributed by atoms with Crippen molar-refractivity contribution in [1.29, 1.82) is 0 Å². The molecule has 4 nitrogen and oxygen atoms in total. The van der Waals surface area contributed by atoms with E-state index >= 15 is 0 Å². The molecule has 0 aromatic heterocycles. The second-order valence-corrected chi connectivity index (χ2v) is 5.01. The lowest BCUT2D eigenvalue weighted by atomic mass is 10.1. The average molecular weight is 309 g/mol. The predicted octanol–water partition coefficient (Wildman–Crippen LogP) is 3.69. The molecule has 0 radical (unpaired) electrons. The van der Waals surface area contributed by atoms with E-state index in [9.17, 15) is 5.11 Å². The molecule has 5 heteroatoms. The maximum atomic E-state index is 9.56. The maximum absolute atomic E-state index is 9.56. The van der Waals surface area contributed by atoms with Crippen molar-refractivity contribution >= 4 is 11.6 Å². The van der Waals surface area contributed by atoms with E-state index < -0.39 is 6.10 Å². The normalized spacial score (nSPS) is 12.0. The molecule has 21 heavy (non-hydrogen) atoms. The molecule has 0 aliphatic rings. The van der Waals surface area contributed by atoms with Crippen molar-refractivity contribution in [2.24, 2.45) is 0 Å². The summed E-state index contributed by atoms with van der Waals surface area (Å²) in [5, 5.41) is 19.1. The summed E-state index contributed by atoms with van der Waals surface area (Å²) in [6.45, 7) is 1.59. The zero-order valence-corrected chi connectivity index (χ0v) is 12.6. The molecule has 0 spiro atoms. The highest BCUT2D eigenvalue weighted by atomic mass is 35.5. The van der Waals surface area contributed by atoms with Crippen LogP contribution in [0.4, 0.5) is 0 Å². The fourth-order valence-corrected chi connectivity index (χ4v) is 2.26. The second-order valence-electron chi connectivity index (χ2n) is 4.60. The van der Waals surface area contributed by atoms with Crippen LogP contribution in [0.25, 0.3) is 0 Å². The summed E-state index contributed by atoms with van der Waals surface area (Å²) >= 11 is 6.11. The van der Waals surface area contributed by atoms with Gasteiger partial charge in [0.1, 0.15) is 5.75 Å². The smallest absolute Gasteiger partial charge is 0.169 e. The molecule has 0 fully saturated rings. The lowest BCUT2D eigenvalue weighted by Crippen LogP contribution is -1.95. The molecule has 0 bridgehead atoms. The Labute approximate surface area is 128 Å². The van der Waals surface area contributed by atoms with Crippen LogP contribution in [0.5, 0.6) is 17.2 Å². The molecule has 0 saturated carbocycles. The molecule has 0 saturated heterocycles. The molecule has 2 aromatic rings. The van der Waals surface area contributed by atoms with Gasteiger partial charge in [0.05, 0.1) is 24.8 Å². The molecule has 0 heterocycles. The number of benzene rings is 2. The Morgan fingerprint density at radius 3 is 2.48 bits per heavy atom. The van der Waals surface area contributed by atoms with Gasteiger partial charge in [-0.2, -0.15) is 0 Å². The number of rotatable bonds is 5. The minimum Gasteiger partial charge on any atom is -0.493 e. The van der Waals surface area contributed by atoms with Crippen LogP contribution < -0.4 is 9.47 Å². The summed E-state index contributed by atoms with van der Waals surface area (Å²) in [7, 11) is 1.53. The number of methoxy groups -OCH3 is 1. The third-order valence-corrected chi connectivity index (χ3v) is 3.39. The minimum atomic E-state index is -0.634. The Kier molecular flexibility index (Phi) is 5.07. The van der Waals surface area contributed by atoms with Gasteiger partial charge in [-0.05, 0) is 42.3 Å². The SMILES string of the molecule is COc1cc(CO)ccc1Oc1ccc(C(C)O)c(Cl)c1. The number of aliphatic hydroxyl groups is 2. The molecular weight excluding hydrogens is 292 g/mol. The minimum absolute atomic E-state index is 0.0639. The molecule has 112 valence electrons. The largest absolute Gasteiger partial charge is 0.493 e. The third-order valence-electron chi connectivity index (χ3n) is 3.06. The number of halogens is 1. The fourth-order valence-electron chi connectivity index (χ4n) is 1.93. The van der Waals surface area contributed by atoms with Crippen LogP contribution in [0.15, 0.2) is 36.4 Å². The van der Waals surface area contributed by atoms with Gasteiger partial charge in [-0.1, -0.05) is 23.7 Å². The second kappa shape index (κ2) is 6.80. The van der Waals surface area contributed by atoms with Crippen molar-refractivity contribution in [2.75, 3.05) is 7.11 Å². The number of ether oxygens (including phenoxy) is 2. The van der Waals surface area contributed by atoms with Crippen LogP contribution in [0, 0.1) is 0 Å². The summed E-state index contributed by atoms with van der Waals surface area (Å²) < 4.78 is 11.0. The molecule has 0 amide bonds. The molecule has 0 aliphatic carbocycles. The van der Waals surface area contributed by atoms with Gasteiger partial charge in [-0.15, -0.1) is 0 Å². The Morgan fingerprint density at radius 2 is 1.90 bits per heavy atom. The Hall–Kier alpha value is -1.75. The van der Waals surface area contributed by atoms with Gasteiger partial charge < -0.3 is 19.7 Å². The standard InChI is InChI=1S/C16H17ClO4/c1-10(19)13-5-4-12(8-14(13)17)21-15-6-3-11(9-18)7-16(15)20-2/h3-8,10,18-19H,9H2,1-2H3. The Morgan fingerprint density at radius 1 is 1.14 bits per heavy atom. The fraction of sp³-hybridized carbons (Fsp3) is 0.250. The van der Waals surface area contributed by atoms with Crippen LogP contribution in [-0.2, 0) is 6.61 Å². The third kappa shape index (κ3) is 3.67. The van der Waals surface area contributed by atoms with Crippen LogP contribution in [0.1, 0.15) is 24.2 Å². The number of hydrogen-bond acceptors (Lipinski definition) is 4. The summed E-state index contributed by atoms with van der Waals surface area (Å²) in [4.78, 5) is 0. The van der Waals surface area contributed by atoms with Crippen LogP contribution in [0.3, 0.4) is 0 Å². The van der Waals surface area contributed by atoms with Crippen LogP contribution >= 0.6 is 11.6 Å². The molecule has 2 aromatic carbocycles. The van der Waals surface area contributed by atoms with E-state index in [1.807, 2.05) is 0 Å². The maximum Gasteiger partial charge on any atom is 0.169 e. The lowest BCUT2D eigenvalue weighted by molar-refractivity contribution is 0.199. The van der Waals surface area contributed by atoms with Crippen molar-refractivity contribution in [2.45, 2.75) is 19.6 Å². The molecule has 0 aliphatic heterocycles. The molecule has 1 atom stereocenters. The summed E-state index contributed by atoms with van der Waals surface area (Å²) in [6, 6.07) is 10.3. The van der Waals surface area contributed by atoms with E-state index in [4.69, 9.17) is 26.2 Å². The van der Waals surface area contributed by atoms with Crippen LogP contribution in [-0.4, -0.2) is 17.3 Å². The quantitative estimate of drug-likeness (QED) is 0.884. The number of hydrogen-bond donors (Lipinski definition) is 2. The van der Waals surface area contributed by atoms with Gasteiger partial charge in [-0.25, -0.2) is 0 Å². The van der Waals surface area contributed by atoms with Crippen molar-refractivity contribution in [3.8, 4) is 17.2 Å². The highest BCUT2D eigenvalue weighted by Gasteiger charge is 2.10. The summed E-state index contributed by atoms with van der Waals surface area (Å²) in [6.07, 6.45) is -0.634. The monoisotopic (exact) mass is 308 g/mol. The first kappa shape index (κ1) is 15.6. The zero-order chi connectivity index (χ0) is 15.4. The van der Waals surface area contributed by atoms with Crippen molar-refractivity contribution < 1.29 is 19.7 Å². The average Bonchev–Trinajstić information content (AvgIpc) is 2.47. The highest BCUT2D eigenvalue weighted by Crippen LogP contribution is 2.34. The van der Waals surface area contributed by atoms with Gasteiger partial charge in [0.15, 0.2) is 11.5 Å². The van der Waals surface area contributed by atoms with Gasteiger partial charge in [-0.3, -0.25) is 0 Å². The van der Waals surface area contributed by atoms with Gasteiger partial charge in [0, 0.05) is 0 Å². The van der Waals surface area contributed by atoms with Gasteiger partial charge >= 0.3 is 0 Å². The van der Waals surface area contributed by atoms with E-state index in [1.54, 1.807) is 43.3 Å². The molecule has 2 rings (SSSR count). The van der Waals surface area contributed by atoms with Gasteiger partial charge in [0.25, 0.3) is 0 Å². The first-order valence-corrected chi connectivity index (χ1v) is 6.86. The summed E-state index contributed by atoms with van der Waals surface area (Å²) in [5.74, 6) is 1.59.